The van der Waals surface area contributed by atoms with Crippen LogP contribution in [0.4, 0.5) is 0 Å². The Morgan fingerprint density at radius 2 is 1.67 bits per heavy atom. The molecule has 0 unspecified atom stereocenters. The molecule has 0 saturated carbocycles. The minimum absolute atomic E-state index is 0.00144. The van der Waals surface area contributed by atoms with E-state index < -0.39 is 23.8 Å². The van der Waals surface area contributed by atoms with Gasteiger partial charge in [0.2, 0.25) is 11.8 Å². The quantitative estimate of drug-likeness (QED) is 0.333. The molecule has 0 spiro atoms. The maximum atomic E-state index is 12.0. The Labute approximate surface area is 144 Å². The van der Waals surface area contributed by atoms with Gasteiger partial charge >= 0.3 is 5.97 Å². The van der Waals surface area contributed by atoms with Crippen LogP contribution in [-0.2, 0) is 14.4 Å². The maximum Gasteiger partial charge on any atom is 0.326 e. The summed E-state index contributed by atoms with van der Waals surface area (Å²) in [6.45, 7) is 3.87. The summed E-state index contributed by atoms with van der Waals surface area (Å²) in [5, 5.41) is 11.5. The van der Waals surface area contributed by atoms with Gasteiger partial charge in [-0.15, -0.1) is 0 Å². The van der Waals surface area contributed by atoms with Crippen molar-refractivity contribution in [2.24, 2.45) is 5.73 Å². The molecule has 0 aliphatic rings. The highest BCUT2D eigenvalue weighted by molar-refractivity contribution is 5.95. The molecule has 0 aromatic rings. The predicted molar refractivity (Wildman–Crippen MR) is 94.4 cm³/mol. The summed E-state index contributed by atoms with van der Waals surface area (Å²) in [5.41, 5.74) is 5.51. The number of carboxylic acids is 1. The first-order valence-corrected chi connectivity index (χ1v) is 8.87. The molecule has 2 amide bonds. The first-order chi connectivity index (χ1) is 11.4. The molecule has 0 radical (unpaired) electrons. The van der Waals surface area contributed by atoms with Crippen LogP contribution in [0.1, 0.15) is 78.1 Å². The lowest BCUT2D eigenvalue weighted by Gasteiger charge is -2.14. The van der Waals surface area contributed by atoms with Gasteiger partial charge in [0.15, 0.2) is 0 Å². The van der Waals surface area contributed by atoms with Crippen LogP contribution in [0.3, 0.4) is 0 Å². The van der Waals surface area contributed by atoms with Gasteiger partial charge in [0, 0.05) is 12.0 Å². The topological polar surface area (TPSA) is 109 Å². The molecule has 0 saturated heterocycles. The van der Waals surface area contributed by atoms with Crippen LogP contribution < -0.4 is 11.1 Å². The summed E-state index contributed by atoms with van der Waals surface area (Å²) < 4.78 is 0. The average molecular weight is 340 g/mol. The third-order valence-corrected chi connectivity index (χ3v) is 3.90. The second kappa shape index (κ2) is 13.6. The van der Waals surface area contributed by atoms with Crippen molar-refractivity contribution < 1.29 is 19.5 Å². The third-order valence-electron chi connectivity index (χ3n) is 3.90. The number of hydrogen-bond donors (Lipinski definition) is 3. The molecule has 0 aliphatic heterocycles. The van der Waals surface area contributed by atoms with Crippen LogP contribution in [0.5, 0.6) is 0 Å². The second-order valence-electron chi connectivity index (χ2n) is 6.17. The van der Waals surface area contributed by atoms with Crippen molar-refractivity contribution >= 4 is 17.8 Å². The number of carboxylic acid groups (broad SMARTS) is 1. The number of rotatable bonds is 14. The number of nitrogens with two attached hydrogens (primary N) is 1. The SMILES string of the molecule is CCCCCCCCCC=C(C)C(=O)N[C@@H](CCC(N)=O)C(=O)O. The Kier molecular flexibility index (Phi) is 12.5. The lowest BCUT2D eigenvalue weighted by atomic mass is 10.1. The van der Waals surface area contributed by atoms with E-state index in [1.54, 1.807) is 6.92 Å². The lowest BCUT2D eigenvalue weighted by Crippen LogP contribution is -2.41. The molecule has 0 heterocycles. The van der Waals surface area contributed by atoms with Crippen molar-refractivity contribution in [3.05, 3.63) is 11.6 Å². The molecule has 1 atom stereocenters. The highest BCUT2D eigenvalue weighted by Gasteiger charge is 2.20. The zero-order chi connectivity index (χ0) is 18.4. The number of carbonyl (C=O) groups excluding carboxylic acids is 2. The number of primary amides is 1. The second-order valence-corrected chi connectivity index (χ2v) is 6.17. The maximum absolute atomic E-state index is 12.0. The summed E-state index contributed by atoms with van der Waals surface area (Å²) in [7, 11) is 0. The number of amides is 2. The van der Waals surface area contributed by atoms with Gasteiger partial charge in [0.25, 0.3) is 0 Å². The highest BCUT2D eigenvalue weighted by Crippen LogP contribution is 2.10. The van der Waals surface area contributed by atoms with Crippen molar-refractivity contribution in [1.82, 2.24) is 5.32 Å². The molecule has 6 nitrogen and oxygen atoms in total. The molecule has 0 rings (SSSR count). The van der Waals surface area contributed by atoms with Crippen LogP contribution in [-0.4, -0.2) is 28.9 Å². The van der Waals surface area contributed by atoms with E-state index >= 15 is 0 Å². The van der Waals surface area contributed by atoms with Crippen LogP contribution in [0.25, 0.3) is 0 Å². The van der Waals surface area contributed by atoms with Crippen molar-refractivity contribution in [2.45, 2.75) is 84.1 Å². The number of carbonyl (C=O) groups is 3. The van der Waals surface area contributed by atoms with Crippen LogP contribution in [0.2, 0.25) is 0 Å². The smallest absolute Gasteiger partial charge is 0.326 e. The van der Waals surface area contributed by atoms with Crippen molar-refractivity contribution in [1.29, 1.82) is 0 Å². The van der Waals surface area contributed by atoms with E-state index in [0.29, 0.717) is 5.57 Å². The zero-order valence-electron chi connectivity index (χ0n) is 15.0. The fraction of sp³-hybridized carbons (Fsp3) is 0.722. The van der Waals surface area contributed by atoms with E-state index in [1.165, 1.54) is 32.1 Å². The van der Waals surface area contributed by atoms with Gasteiger partial charge in [-0.2, -0.15) is 0 Å². The minimum Gasteiger partial charge on any atom is -0.480 e. The summed E-state index contributed by atoms with van der Waals surface area (Å²) >= 11 is 0. The number of nitrogens with one attached hydrogen (secondary N) is 1. The highest BCUT2D eigenvalue weighted by atomic mass is 16.4. The molecule has 4 N–H and O–H groups in total. The van der Waals surface area contributed by atoms with Crippen LogP contribution in [0, 0.1) is 0 Å². The number of hydrogen-bond acceptors (Lipinski definition) is 3. The third kappa shape index (κ3) is 11.7. The Morgan fingerprint density at radius 1 is 1.08 bits per heavy atom. The first-order valence-electron chi connectivity index (χ1n) is 8.87. The number of unbranched alkanes of at least 4 members (excludes halogenated alkanes) is 7. The molecule has 6 heteroatoms. The van der Waals surface area contributed by atoms with Gasteiger partial charge in [-0.3, -0.25) is 9.59 Å². The van der Waals surface area contributed by atoms with Gasteiger partial charge in [-0.05, 0) is 26.2 Å². The normalized spacial score (nSPS) is 12.7. The average Bonchev–Trinajstić information content (AvgIpc) is 2.52. The van der Waals surface area contributed by atoms with E-state index in [4.69, 9.17) is 10.8 Å². The molecule has 0 aliphatic carbocycles. The fourth-order valence-corrected chi connectivity index (χ4v) is 2.33. The zero-order valence-corrected chi connectivity index (χ0v) is 15.0. The fourth-order valence-electron chi connectivity index (χ4n) is 2.33. The first kappa shape index (κ1) is 22.1. The Hall–Kier alpha value is -1.85. The Morgan fingerprint density at radius 3 is 2.21 bits per heavy atom. The molecular formula is C18H32N2O4. The molecule has 0 bridgehead atoms. The van der Waals surface area contributed by atoms with E-state index in [0.717, 1.165) is 19.3 Å². The number of aliphatic carboxylic acids is 1. The summed E-state index contributed by atoms with van der Waals surface area (Å²) in [6.07, 6.45) is 11.1. The monoisotopic (exact) mass is 340 g/mol. The minimum atomic E-state index is -1.16. The van der Waals surface area contributed by atoms with Crippen molar-refractivity contribution in [3.63, 3.8) is 0 Å². The molecule has 0 aromatic heterocycles. The van der Waals surface area contributed by atoms with E-state index in [2.05, 4.69) is 12.2 Å². The van der Waals surface area contributed by atoms with E-state index in [-0.39, 0.29) is 12.8 Å². The standard InChI is InChI=1S/C18H32N2O4/c1-3-4-5-6-7-8-9-10-11-14(2)17(22)20-15(18(23)24)12-13-16(19)21/h11,15H,3-10,12-13H2,1-2H3,(H2,19,21)(H,20,22)(H,23,24)/t15-/m0/s1. The Balaban J connectivity index is 4.09. The van der Waals surface area contributed by atoms with E-state index in [9.17, 15) is 14.4 Å². The number of allylic oxidation sites excluding steroid dienone is 1. The molecule has 0 fully saturated rings. The van der Waals surface area contributed by atoms with Crippen LogP contribution >= 0.6 is 0 Å². The van der Waals surface area contributed by atoms with E-state index in [1.807, 2.05) is 6.08 Å². The molecular weight excluding hydrogens is 308 g/mol. The van der Waals surface area contributed by atoms with Gasteiger partial charge in [-0.25, -0.2) is 4.79 Å². The molecule has 138 valence electrons. The molecule has 0 aromatic carbocycles. The Bertz CT molecular complexity index is 433. The van der Waals surface area contributed by atoms with Gasteiger partial charge in [-0.1, -0.05) is 51.5 Å². The van der Waals surface area contributed by atoms with Crippen molar-refractivity contribution in [2.75, 3.05) is 0 Å². The van der Waals surface area contributed by atoms with Gasteiger partial charge in [0.1, 0.15) is 6.04 Å². The van der Waals surface area contributed by atoms with Gasteiger partial charge in [0.05, 0.1) is 0 Å². The predicted octanol–water partition coefficient (Wildman–Crippen LogP) is 2.91. The van der Waals surface area contributed by atoms with Gasteiger partial charge < -0.3 is 16.2 Å². The summed E-state index contributed by atoms with van der Waals surface area (Å²) in [6, 6.07) is -1.09. The van der Waals surface area contributed by atoms with Crippen molar-refractivity contribution in [3.8, 4) is 0 Å². The lowest BCUT2D eigenvalue weighted by molar-refractivity contribution is -0.141. The molecule has 24 heavy (non-hydrogen) atoms. The summed E-state index contributed by atoms with van der Waals surface area (Å²) in [4.78, 5) is 33.8. The summed E-state index contributed by atoms with van der Waals surface area (Å²) in [5.74, 6) is -2.15. The van der Waals surface area contributed by atoms with Crippen LogP contribution in [0.15, 0.2) is 11.6 Å². The largest absolute Gasteiger partial charge is 0.480 e.